The quantitative estimate of drug-likeness (QED) is 0.538. The van der Waals surface area contributed by atoms with Crippen molar-refractivity contribution in [2.45, 2.75) is 0 Å². The van der Waals surface area contributed by atoms with Gasteiger partial charge >= 0.3 is 0 Å². The number of nitrogens with one attached hydrogen (secondary N) is 1. The van der Waals surface area contributed by atoms with Crippen LogP contribution in [0.2, 0.25) is 0 Å². The molecular formula is C22H16N2O4. The molecular weight excluding hydrogens is 356 g/mol. The molecule has 0 aliphatic heterocycles. The van der Waals surface area contributed by atoms with E-state index >= 15 is 0 Å². The van der Waals surface area contributed by atoms with Crippen molar-refractivity contribution in [3.05, 3.63) is 88.5 Å². The molecule has 0 bridgehead atoms. The summed E-state index contributed by atoms with van der Waals surface area (Å²) in [6.45, 7) is 0. The summed E-state index contributed by atoms with van der Waals surface area (Å²) in [6, 6.07) is 16.5. The van der Waals surface area contributed by atoms with Gasteiger partial charge < -0.3 is 15.8 Å². The molecule has 3 aromatic carbocycles. The van der Waals surface area contributed by atoms with Crippen molar-refractivity contribution >= 4 is 28.8 Å². The number of carbonyl (C=O) groups is 3. The molecule has 0 saturated carbocycles. The van der Waals surface area contributed by atoms with Crippen LogP contribution in [0.5, 0.6) is 5.75 Å². The number of hydrogen-bond acceptors (Lipinski definition) is 5. The lowest BCUT2D eigenvalue weighted by molar-refractivity contribution is 0.0979. The Morgan fingerprint density at radius 2 is 1.46 bits per heavy atom. The van der Waals surface area contributed by atoms with Gasteiger partial charge in [-0.3, -0.25) is 14.4 Å². The Balaban J connectivity index is 1.91. The summed E-state index contributed by atoms with van der Waals surface area (Å²) in [7, 11) is 1.41. The van der Waals surface area contributed by atoms with E-state index in [4.69, 9.17) is 10.5 Å². The predicted octanol–water partition coefficient (Wildman–Crippen LogP) is 3.31. The second-order valence-electron chi connectivity index (χ2n) is 6.32. The number of anilines is 2. The van der Waals surface area contributed by atoms with Gasteiger partial charge in [-0.2, -0.15) is 0 Å². The Labute approximate surface area is 160 Å². The molecule has 1 aliphatic rings. The van der Waals surface area contributed by atoms with Gasteiger partial charge in [0.2, 0.25) is 0 Å². The van der Waals surface area contributed by atoms with Crippen LogP contribution in [0.3, 0.4) is 0 Å². The van der Waals surface area contributed by atoms with Crippen LogP contribution in [0.1, 0.15) is 42.2 Å². The lowest BCUT2D eigenvalue weighted by atomic mass is 9.82. The lowest BCUT2D eigenvalue weighted by Crippen LogP contribution is -2.25. The molecule has 0 radical (unpaired) electrons. The van der Waals surface area contributed by atoms with Crippen molar-refractivity contribution in [2.24, 2.45) is 0 Å². The summed E-state index contributed by atoms with van der Waals surface area (Å²) in [5.74, 6) is -0.967. The summed E-state index contributed by atoms with van der Waals surface area (Å²) in [6.07, 6.45) is 0. The first-order valence-electron chi connectivity index (χ1n) is 8.58. The Bertz CT molecular complexity index is 1140. The third-order valence-corrected chi connectivity index (χ3v) is 4.69. The molecule has 3 aromatic rings. The number of ketones is 2. The van der Waals surface area contributed by atoms with Crippen LogP contribution < -0.4 is 15.8 Å². The van der Waals surface area contributed by atoms with Gasteiger partial charge in [-0.25, -0.2) is 0 Å². The molecule has 0 aromatic heterocycles. The van der Waals surface area contributed by atoms with Gasteiger partial charge in [-0.15, -0.1) is 0 Å². The number of ether oxygens (including phenoxy) is 1. The number of rotatable bonds is 3. The number of carbonyl (C=O) groups excluding carboxylic acids is 3. The maximum absolute atomic E-state index is 13.2. The SMILES string of the molecule is COc1cc(N)c2c(c1NC(=O)c1ccccc1)C(=O)c1ccccc1C2=O. The zero-order valence-corrected chi connectivity index (χ0v) is 15.0. The highest BCUT2D eigenvalue weighted by molar-refractivity contribution is 6.32. The zero-order valence-electron chi connectivity index (χ0n) is 15.0. The third-order valence-electron chi connectivity index (χ3n) is 4.69. The number of nitrogen functional groups attached to an aromatic ring is 1. The molecule has 138 valence electrons. The van der Waals surface area contributed by atoms with E-state index in [-0.39, 0.29) is 50.9 Å². The summed E-state index contributed by atoms with van der Waals surface area (Å²) >= 11 is 0. The average Bonchev–Trinajstić information content (AvgIpc) is 2.73. The van der Waals surface area contributed by atoms with E-state index in [1.54, 1.807) is 54.6 Å². The molecule has 4 rings (SSSR count). The van der Waals surface area contributed by atoms with Gasteiger partial charge in [0.15, 0.2) is 11.6 Å². The fraction of sp³-hybridized carbons (Fsp3) is 0.0455. The predicted molar refractivity (Wildman–Crippen MR) is 105 cm³/mol. The second-order valence-corrected chi connectivity index (χ2v) is 6.32. The topological polar surface area (TPSA) is 98.5 Å². The monoisotopic (exact) mass is 372 g/mol. The molecule has 3 N–H and O–H groups in total. The maximum Gasteiger partial charge on any atom is 0.255 e. The van der Waals surface area contributed by atoms with Crippen molar-refractivity contribution in [3.8, 4) is 5.75 Å². The van der Waals surface area contributed by atoms with Crippen LogP contribution in [-0.2, 0) is 0 Å². The molecule has 0 spiro atoms. The molecule has 0 saturated heterocycles. The molecule has 1 aliphatic carbocycles. The normalized spacial score (nSPS) is 12.2. The van der Waals surface area contributed by atoms with Crippen LogP contribution in [0.25, 0.3) is 0 Å². The minimum atomic E-state index is -0.426. The van der Waals surface area contributed by atoms with E-state index in [0.29, 0.717) is 5.56 Å². The Hall–Kier alpha value is -3.93. The minimum Gasteiger partial charge on any atom is -0.494 e. The second kappa shape index (κ2) is 6.66. The van der Waals surface area contributed by atoms with E-state index in [1.807, 2.05) is 0 Å². The van der Waals surface area contributed by atoms with Crippen LogP contribution in [-0.4, -0.2) is 24.6 Å². The first kappa shape index (κ1) is 17.5. The van der Waals surface area contributed by atoms with Crippen LogP contribution in [0, 0.1) is 0 Å². The van der Waals surface area contributed by atoms with Crippen molar-refractivity contribution in [2.75, 3.05) is 18.2 Å². The number of benzene rings is 3. The summed E-state index contributed by atoms with van der Waals surface area (Å²) in [5, 5.41) is 2.72. The molecule has 6 heteroatoms. The highest BCUT2D eigenvalue weighted by Crippen LogP contribution is 2.41. The van der Waals surface area contributed by atoms with E-state index < -0.39 is 5.91 Å². The molecule has 0 heterocycles. The van der Waals surface area contributed by atoms with Crippen LogP contribution in [0.15, 0.2) is 60.7 Å². The lowest BCUT2D eigenvalue weighted by Gasteiger charge is -2.23. The number of amides is 1. The highest BCUT2D eigenvalue weighted by Gasteiger charge is 2.35. The van der Waals surface area contributed by atoms with E-state index in [9.17, 15) is 14.4 Å². The largest absolute Gasteiger partial charge is 0.494 e. The van der Waals surface area contributed by atoms with Gasteiger partial charge in [0.05, 0.1) is 23.9 Å². The van der Waals surface area contributed by atoms with Gasteiger partial charge in [0.25, 0.3) is 5.91 Å². The average molecular weight is 372 g/mol. The Morgan fingerprint density at radius 1 is 0.893 bits per heavy atom. The molecule has 6 nitrogen and oxygen atoms in total. The number of methoxy groups -OCH3 is 1. The van der Waals surface area contributed by atoms with Crippen molar-refractivity contribution in [1.29, 1.82) is 0 Å². The first-order chi connectivity index (χ1) is 13.5. The molecule has 0 unspecified atom stereocenters. The zero-order chi connectivity index (χ0) is 19.8. The van der Waals surface area contributed by atoms with Crippen molar-refractivity contribution < 1.29 is 19.1 Å². The van der Waals surface area contributed by atoms with Crippen LogP contribution >= 0.6 is 0 Å². The summed E-state index contributed by atoms with van der Waals surface area (Å²) in [5.41, 5.74) is 7.41. The standard InChI is InChI=1S/C22H16N2O4/c1-28-16-11-15(23)17-18(19(16)24-22(27)12-7-3-2-4-8-12)21(26)14-10-6-5-9-13(14)20(17)25/h2-11H,23H2,1H3,(H,24,27). The highest BCUT2D eigenvalue weighted by atomic mass is 16.5. The minimum absolute atomic E-state index is 0.0461. The fourth-order valence-electron chi connectivity index (χ4n) is 3.36. The van der Waals surface area contributed by atoms with Crippen LogP contribution in [0.4, 0.5) is 11.4 Å². The van der Waals surface area contributed by atoms with E-state index in [2.05, 4.69) is 5.32 Å². The smallest absolute Gasteiger partial charge is 0.255 e. The number of nitrogens with two attached hydrogens (primary N) is 1. The van der Waals surface area contributed by atoms with E-state index in [0.717, 1.165) is 0 Å². The number of hydrogen-bond donors (Lipinski definition) is 2. The fourth-order valence-corrected chi connectivity index (χ4v) is 3.36. The molecule has 28 heavy (non-hydrogen) atoms. The van der Waals surface area contributed by atoms with Gasteiger partial charge in [-0.1, -0.05) is 42.5 Å². The summed E-state index contributed by atoms with van der Waals surface area (Å²) in [4.78, 5) is 38.9. The Kier molecular flexibility index (Phi) is 4.16. The van der Waals surface area contributed by atoms with E-state index in [1.165, 1.54) is 13.2 Å². The van der Waals surface area contributed by atoms with Crippen molar-refractivity contribution in [1.82, 2.24) is 0 Å². The van der Waals surface area contributed by atoms with Gasteiger partial charge in [-0.05, 0) is 12.1 Å². The Morgan fingerprint density at radius 3 is 2.07 bits per heavy atom. The van der Waals surface area contributed by atoms with Gasteiger partial charge in [0.1, 0.15) is 5.75 Å². The maximum atomic E-state index is 13.2. The van der Waals surface area contributed by atoms with Crippen molar-refractivity contribution in [3.63, 3.8) is 0 Å². The molecule has 0 fully saturated rings. The molecule has 1 amide bonds. The third kappa shape index (κ3) is 2.63. The molecule has 0 atom stereocenters. The number of fused-ring (bicyclic) bond motifs is 2. The summed E-state index contributed by atoms with van der Waals surface area (Å²) < 4.78 is 5.34. The van der Waals surface area contributed by atoms with Gasteiger partial charge in [0, 0.05) is 28.4 Å². The first-order valence-corrected chi connectivity index (χ1v) is 8.58.